The van der Waals surface area contributed by atoms with Gasteiger partial charge < -0.3 is 15.4 Å². The lowest BCUT2D eigenvalue weighted by Gasteiger charge is -2.25. The van der Waals surface area contributed by atoms with Crippen LogP contribution < -0.4 is 10.6 Å². The Labute approximate surface area is 155 Å². The lowest BCUT2D eigenvalue weighted by Crippen LogP contribution is -2.47. The van der Waals surface area contributed by atoms with Crippen LogP contribution in [0.5, 0.6) is 0 Å². The van der Waals surface area contributed by atoms with E-state index in [9.17, 15) is 4.79 Å². The van der Waals surface area contributed by atoms with E-state index in [2.05, 4.69) is 54.6 Å². The normalized spacial score (nSPS) is 21.3. The highest BCUT2D eigenvalue weighted by atomic mass is 79.9. The average Bonchev–Trinajstić information content (AvgIpc) is 2.85. The first-order valence-corrected chi connectivity index (χ1v) is 9.50. The Morgan fingerprint density at radius 3 is 2.57 bits per heavy atom. The highest BCUT2D eigenvalue weighted by Crippen LogP contribution is 2.25. The van der Waals surface area contributed by atoms with Crippen molar-refractivity contribution in [3.63, 3.8) is 0 Å². The summed E-state index contributed by atoms with van der Waals surface area (Å²) in [6.45, 7) is 6.41. The number of halogens is 2. The minimum Gasteiger partial charge on any atom is -0.444 e. The van der Waals surface area contributed by atoms with E-state index in [0.29, 0.717) is 0 Å². The molecule has 0 radical (unpaired) electrons. The van der Waals surface area contributed by atoms with Crippen LogP contribution in [-0.4, -0.2) is 23.8 Å². The summed E-state index contributed by atoms with van der Waals surface area (Å²) < 4.78 is 7.45. The number of ether oxygens (including phenoxy) is 1. The van der Waals surface area contributed by atoms with Gasteiger partial charge in [0.05, 0.1) is 0 Å². The molecule has 0 bridgehead atoms. The van der Waals surface area contributed by atoms with Crippen molar-refractivity contribution in [2.75, 3.05) is 0 Å². The molecule has 0 heterocycles. The molecule has 128 valence electrons. The summed E-state index contributed by atoms with van der Waals surface area (Å²) in [5, 5.41) is 6.56. The van der Waals surface area contributed by atoms with Crippen LogP contribution >= 0.6 is 31.9 Å². The quantitative estimate of drug-likeness (QED) is 0.700. The Hall–Kier alpha value is -0.590. The van der Waals surface area contributed by atoms with Crippen LogP contribution in [0.2, 0.25) is 0 Å². The third-order valence-electron chi connectivity index (χ3n) is 3.77. The molecule has 1 aliphatic rings. The zero-order valence-electron chi connectivity index (χ0n) is 13.8. The van der Waals surface area contributed by atoms with Gasteiger partial charge in [-0.2, -0.15) is 0 Å². The van der Waals surface area contributed by atoms with Gasteiger partial charge in [0, 0.05) is 27.6 Å². The summed E-state index contributed by atoms with van der Waals surface area (Å²) in [7, 11) is 0. The van der Waals surface area contributed by atoms with Crippen molar-refractivity contribution in [3.05, 3.63) is 32.7 Å². The molecule has 0 spiro atoms. The second-order valence-electron chi connectivity index (χ2n) is 6.92. The summed E-state index contributed by atoms with van der Waals surface area (Å²) >= 11 is 7.00. The standard InChI is InChI=1S/C17H24Br2N2O2/c1-17(2,3)23-16(22)21-15-6-4-5-14(15)20-10-11-7-8-12(18)13(19)9-11/h7-9,14-15,20H,4-6,10H2,1-3H3,(H,21,22). The number of carbonyl (C=O) groups is 1. The van der Waals surface area contributed by atoms with Gasteiger partial charge in [-0.25, -0.2) is 4.79 Å². The first-order valence-electron chi connectivity index (χ1n) is 7.91. The predicted molar refractivity (Wildman–Crippen MR) is 99.5 cm³/mol. The van der Waals surface area contributed by atoms with E-state index in [4.69, 9.17) is 4.74 Å². The van der Waals surface area contributed by atoms with E-state index < -0.39 is 5.60 Å². The molecule has 1 aromatic carbocycles. The van der Waals surface area contributed by atoms with Crippen molar-refractivity contribution in [1.82, 2.24) is 10.6 Å². The van der Waals surface area contributed by atoms with Crippen LogP contribution in [-0.2, 0) is 11.3 Å². The van der Waals surface area contributed by atoms with Gasteiger partial charge in [-0.05, 0) is 89.6 Å². The van der Waals surface area contributed by atoms with Crippen molar-refractivity contribution in [2.45, 2.75) is 64.3 Å². The molecule has 0 aliphatic heterocycles. The number of nitrogens with one attached hydrogen (secondary N) is 2. The van der Waals surface area contributed by atoms with Gasteiger partial charge in [-0.15, -0.1) is 0 Å². The van der Waals surface area contributed by atoms with Gasteiger partial charge in [0.25, 0.3) is 0 Å². The number of rotatable bonds is 4. The molecule has 2 N–H and O–H groups in total. The van der Waals surface area contributed by atoms with Gasteiger partial charge in [-0.1, -0.05) is 6.07 Å². The van der Waals surface area contributed by atoms with Crippen LogP contribution in [0, 0.1) is 0 Å². The van der Waals surface area contributed by atoms with Crippen LogP contribution in [0.1, 0.15) is 45.6 Å². The maximum Gasteiger partial charge on any atom is 0.407 e. The summed E-state index contributed by atoms with van der Waals surface area (Å²) in [4.78, 5) is 11.9. The van der Waals surface area contributed by atoms with Crippen LogP contribution in [0.3, 0.4) is 0 Å². The number of benzene rings is 1. The summed E-state index contributed by atoms with van der Waals surface area (Å²) in [5.74, 6) is 0. The Balaban J connectivity index is 1.86. The lowest BCUT2D eigenvalue weighted by molar-refractivity contribution is 0.0498. The number of amides is 1. The fourth-order valence-electron chi connectivity index (χ4n) is 2.73. The smallest absolute Gasteiger partial charge is 0.407 e. The molecule has 1 fully saturated rings. The molecule has 0 aromatic heterocycles. The first kappa shape index (κ1) is 18.7. The molecule has 1 aliphatic carbocycles. The highest BCUT2D eigenvalue weighted by molar-refractivity contribution is 9.13. The maximum atomic E-state index is 11.9. The van der Waals surface area contributed by atoms with Crippen molar-refractivity contribution >= 4 is 38.0 Å². The number of hydrogen-bond acceptors (Lipinski definition) is 3. The second-order valence-corrected chi connectivity index (χ2v) is 8.63. The topological polar surface area (TPSA) is 50.4 Å². The third-order valence-corrected chi connectivity index (χ3v) is 5.65. The molecule has 23 heavy (non-hydrogen) atoms. The van der Waals surface area contributed by atoms with Crippen LogP contribution in [0.15, 0.2) is 27.1 Å². The minimum atomic E-state index is -0.463. The molecule has 4 nitrogen and oxygen atoms in total. The average molecular weight is 448 g/mol. The Kier molecular flexibility index (Phi) is 6.51. The van der Waals surface area contributed by atoms with Crippen molar-refractivity contribution < 1.29 is 9.53 Å². The predicted octanol–water partition coefficient (Wildman–Crippen LogP) is 4.75. The molecule has 2 rings (SSSR count). The first-order chi connectivity index (χ1) is 10.7. The van der Waals surface area contributed by atoms with Gasteiger partial charge in [0.15, 0.2) is 0 Å². The van der Waals surface area contributed by atoms with Gasteiger partial charge in [0.1, 0.15) is 5.60 Å². The Morgan fingerprint density at radius 1 is 1.22 bits per heavy atom. The van der Waals surface area contributed by atoms with E-state index in [1.165, 1.54) is 5.56 Å². The highest BCUT2D eigenvalue weighted by Gasteiger charge is 2.29. The van der Waals surface area contributed by atoms with Gasteiger partial charge >= 0.3 is 6.09 Å². The molecule has 1 aromatic rings. The fourth-order valence-corrected chi connectivity index (χ4v) is 3.41. The number of hydrogen-bond donors (Lipinski definition) is 2. The fraction of sp³-hybridized carbons (Fsp3) is 0.588. The lowest BCUT2D eigenvalue weighted by atomic mass is 10.1. The summed E-state index contributed by atoms with van der Waals surface area (Å²) in [6, 6.07) is 6.63. The van der Waals surface area contributed by atoms with E-state index in [1.54, 1.807) is 0 Å². The van der Waals surface area contributed by atoms with Gasteiger partial charge in [-0.3, -0.25) is 0 Å². The van der Waals surface area contributed by atoms with E-state index in [-0.39, 0.29) is 18.2 Å². The molecule has 2 atom stereocenters. The largest absolute Gasteiger partial charge is 0.444 e. The molecule has 6 heteroatoms. The van der Waals surface area contributed by atoms with E-state index in [1.807, 2.05) is 26.8 Å². The summed E-state index contributed by atoms with van der Waals surface area (Å²) in [5.41, 5.74) is 0.748. The van der Waals surface area contributed by atoms with Crippen molar-refractivity contribution in [2.24, 2.45) is 0 Å². The van der Waals surface area contributed by atoms with E-state index in [0.717, 1.165) is 34.8 Å². The van der Waals surface area contributed by atoms with E-state index >= 15 is 0 Å². The number of alkyl carbamates (subject to hydrolysis) is 1. The molecular weight excluding hydrogens is 424 g/mol. The SMILES string of the molecule is CC(C)(C)OC(=O)NC1CCCC1NCc1ccc(Br)c(Br)c1. The monoisotopic (exact) mass is 446 g/mol. The number of carbonyl (C=O) groups excluding carboxylic acids is 1. The zero-order chi connectivity index (χ0) is 17.0. The Bertz CT molecular complexity index is 558. The Morgan fingerprint density at radius 2 is 1.91 bits per heavy atom. The van der Waals surface area contributed by atoms with Crippen molar-refractivity contribution in [1.29, 1.82) is 0 Å². The molecule has 0 saturated heterocycles. The zero-order valence-corrected chi connectivity index (χ0v) is 17.0. The minimum absolute atomic E-state index is 0.128. The maximum absolute atomic E-state index is 11.9. The van der Waals surface area contributed by atoms with Crippen LogP contribution in [0.4, 0.5) is 4.79 Å². The molecular formula is C17H24Br2N2O2. The second kappa shape index (κ2) is 7.99. The molecule has 2 unspecified atom stereocenters. The molecule has 1 saturated carbocycles. The molecule has 1 amide bonds. The van der Waals surface area contributed by atoms with Crippen molar-refractivity contribution in [3.8, 4) is 0 Å². The van der Waals surface area contributed by atoms with Crippen LogP contribution in [0.25, 0.3) is 0 Å². The summed E-state index contributed by atoms with van der Waals surface area (Å²) in [6.07, 6.45) is 2.84. The third kappa shape index (κ3) is 6.08. The van der Waals surface area contributed by atoms with Gasteiger partial charge in [0.2, 0.25) is 0 Å².